The van der Waals surface area contributed by atoms with Gasteiger partial charge in [0.05, 0.1) is 51.7 Å². The Bertz CT molecular complexity index is 1020. The third-order valence-corrected chi connectivity index (χ3v) is 5.81. The number of carboxylic acids is 1. The molecule has 0 radical (unpaired) electrons. The van der Waals surface area contributed by atoms with Gasteiger partial charge in [0, 0.05) is 40.5 Å². The highest BCUT2D eigenvalue weighted by molar-refractivity contribution is 5.71. The van der Waals surface area contributed by atoms with Crippen molar-refractivity contribution in [1.82, 2.24) is 0 Å². The molecule has 0 aliphatic rings. The molecule has 16 nitrogen and oxygen atoms in total. The van der Waals surface area contributed by atoms with Gasteiger partial charge >= 0.3 is 35.8 Å². The Kier molecular flexibility index (Phi) is 74.9. The average Bonchev–Trinajstić information content (AvgIpc) is 3.16. The van der Waals surface area contributed by atoms with Crippen molar-refractivity contribution in [3.05, 3.63) is 0 Å². The predicted molar refractivity (Wildman–Crippen MR) is 248 cm³/mol. The van der Waals surface area contributed by atoms with Crippen molar-refractivity contribution in [2.45, 2.75) is 195 Å². The van der Waals surface area contributed by atoms with Crippen LogP contribution < -0.4 is 0 Å². The summed E-state index contributed by atoms with van der Waals surface area (Å²) < 4.78 is 32.8. The van der Waals surface area contributed by atoms with Crippen LogP contribution in [0.2, 0.25) is 0 Å². The van der Waals surface area contributed by atoms with E-state index in [0.29, 0.717) is 76.7 Å². The first-order valence-electron chi connectivity index (χ1n) is 22.3. The highest BCUT2D eigenvalue weighted by atomic mass is 16.6. The Labute approximate surface area is 382 Å². The highest BCUT2D eigenvalue weighted by Crippen LogP contribution is 2.00. The first kappa shape index (κ1) is 76.1. The number of aliphatic carboxylic acids is 1. The van der Waals surface area contributed by atoms with Gasteiger partial charge in [-0.3, -0.25) is 38.4 Å². The van der Waals surface area contributed by atoms with Gasteiger partial charge in [-0.1, -0.05) is 102 Å². The predicted octanol–water partition coefficient (Wildman–Crippen LogP) is 10.1. The SMILES string of the molecule is CC(=O)O.CC(=O)OCC(C)C.CC(=O)OCC(C)C.CC(=O)OCCC(C)C.CC(C)OC(=O)C(C)C.CCCC(=O)OCC.CCCCCOC=O.CCCCOC(=O)CC. The molecule has 1 N–H and O–H groups in total. The van der Waals surface area contributed by atoms with Crippen molar-refractivity contribution < 1.29 is 76.6 Å². The lowest BCUT2D eigenvalue weighted by Crippen LogP contribution is -2.16. The largest absolute Gasteiger partial charge is 0.481 e. The summed E-state index contributed by atoms with van der Waals surface area (Å²) in [5, 5.41) is 7.42. The molecule has 0 rings (SSSR count). The van der Waals surface area contributed by atoms with E-state index in [2.05, 4.69) is 46.6 Å². The van der Waals surface area contributed by atoms with Crippen LogP contribution in [0.3, 0.4) is 0 Å². The first-order valence-corrected chi connectivity index (χ1v) is 22.3. The second-order valence-corrected chi connectivity index (χ2v) is 15.2. The summed E-state index contributed by atoms with van der Waals surface area (Å²) in [4.78, 5) is 80.6. The van der Waals surface area contributed by atoms with Crippen molar-refractivity contribution in [3.63, 3.8) is 0 Å². The Morgan fingerprint density at radius 2 is 0.968 bits per heavy atom. The molecule has 0 saturated heterocycles. The maximum absolute atomic E-state index is 10.7. The van der Waals surface area contributed by atoms with Crippen LogP contribution in [-0.4, -0.2) is 99.1 Å². The molecule has 0 saturated carbocycles. The molecule has 0 spiro atoms. The molecule has 63 heavy (non-hydrogen) atoms. The molecule has 0 aromatic heterocycles. The molecule has 0 unspecified atom stereocenters. The number of hydrogen-bond acceptors (Lipinski definition) is 15. The fourth-order valence-electron chi connectivity index (χ4n) is 2.73. The number of carboxylic acid groups (broad SMARTS) is 1. The number of esters is 6. The number of unbranched alkanes of at least 4 members (excludes halogenated alkanes) is 3. The summed E-state index contributed by atoms with van der Waals surface area (Å²) >= 11 is 0. The minimum Gasteiger partial charge on any atom is -0.481 e. The van der Waals surface area contributed by atoms with Crippen LogP contribution in [0.4, 0.5) is 0 Å². The van der Waals surface area contributed by atoms with E-state index in [9.17, 15) is 33.6 Å². The monoisotopic (exact) mass is 915 g/mol. The number of ether oxygens (including phenoxy) is 7. The van der Waals surface area contributed by atoms with E-state index >= 15 is 0 Å². The summed E-state index contributed by atoms with van der Waals surface area (Å²) in [5.41, 5.74) is 0. The average molecular weight is 915 g/mol. The van der Waals surface area contributed by atoms with E-state index in [-0.39, 0.29) is 47.8 Å². The Hall–Kier alpha value is -4.24. The van der Waals surface area contributed by atoms with Crippen LogP contribution in [-0.2, 0) is 71.5 Å². The molecule has 0 bridgehead atoms. The third kappa shape index (κ3) is 126. The van der Waals surface area contributed by atoms with Crippen LogP contribution in [0.25, 0.3) is 0 Å². The highest BCUT2D eigenvalue weighted by Gasteiger charge is 2.09. The van der Waals surface area contributed by atoms with Crippen molar-refractivity contribution in [3.8, 4) is 0 Å². The minimum absolute atomic E-state index is 0.00704. The summed E-state index contributed by atoms with van der Waals surface area (Å²) in [6, 6.07) is 0. The summed E-state index contributed by atoms with van der Waals surface area (Å²) in [6.45, 7) is 38.5. The second kappa shape index (κ2) is 62.1. The summed E-state index contributed by atoms with van der Waals surface area (Å²) in [6.07, 6.45) is 8.25. The molecular weight excluding hydrogens is 821 g/mol. The molecule has 0 fully saturated rings. The smallest absolute Gasteiger partial charge is 0.308 e. The molecule has 0 aromatic carbocycles. The number of rotatable bonds is 21. The molecule has 0 aliphatic carbocycles. The molecule has 0 aliphatic heterocycles. The zero-order valence-corrected chi connectivity index (χ0v) is 43.1. The summed E-state index contributed by atoms with van der Waals surface area (Å²) in [5.74, 6) is -0.217. The van der Waals surface area contributed by atoms with E-state index in [1.807, 2.05) is 69.2 Å². The molecule has 378 valence electrons. The summed E-state index contributed by atoms with van der Waals surface area (Å²) in [7, 11) is 0. The molecule has 0 amide bonds. The minimum atomic E-state index is -0.833. The van der Waals surface area contributed by atoms with Crippen LogP contribution >= 0.6 is 0 Å². The van der Waals surface area contributed by atoms with Crippen LogP contribution in [0.5, 0.6) is 0 Å². The van der Waals surface area contributed by atoms with E-state index in [4.69, 9.17) is 24.1 Å². The Balaban J connectivity index is -0.0000000921. The number of hydrogen-bond donors (Lipinski definition) is 1. The molecular formula is C47H94O16. The van der Waals surface area contributed by atoms with Gasteiger partial charge in [-0.05, 0) is 64.2 Å². The van der Waals surface area contributed by atoms with Crippen molar-refractivity contribution in [2.75, 3.05) is 39.6 Å². The number of carbonyl (C=O) groups is 8. The van der Waals surface area contributed by atoms with E-state index in [0.717, 1.165) is 45.4 Å². The fraction of sp³-hybridized carbons (Fsp3) is 0.830. The maximum Gasteiger partial charge on any atom is 0.308 e. The van der Waals surface area contributed by atoms with Gasteiger partial charge < -0.3 is 38.3 Å². The molecule has 0 atom stereocenters. The van der Waals surface area contributed by atoms with Gasteiger partial charge in [0.25, 0.3) is 12.4 Å². The fourth-order valence-corrected chi connectivity index (χ4v) is 2.73. The number of carbonyl (C=O) groups excluding carboxylic acids is 7. The van der Waals surface area contributed by atoms with Gasteiger partial charge in [0.1, 0.15) is 0 Å². The van der Waals surface area contributed by atoms with Gasteiger partial charge in [0.2, 0.25) is 0 Å². The lowest BCUT2D eigenvalue weighted by atomic mass is 10.1. The lowest BCUT2D eigenvalue weighted by Gasteiger charge is -2.08. The standard InChI is InChI=1S/3C7H14O2.4C6H12O2.C2H4O2/c1-6(2)4-5-9-7(3)8;1-5(2)7(8)9-6(3)4;1-3-5-6-9-7(8)4-2;2*1-5(2)4-8-6(3)7;1-3-5-6(7)8-4-2;1-2-3-4-5-8-6-7;1-2(3)4/h6H,4-5H2,1-3H3;5-6H,1-4H3;3-6H2,1-2H3;2*5H,4H2,1-3H3;3-5H2,1-2H3;6H,2-5H2,1H3;1H3,(H,3,4). The van der Waals surface area contributed by atoms with Crippen molar-refractivity contribution in [1.29, 1.82) is 0 Å². The van der Waals surface area contributed by atoms with E-state index in [1.54, 1.807) is 6.92 Å². The van der Waals surface area contributed by atoms with E-state index < -0.39 is 5.97 Å². The topological polar surface area (TPSA) is 221 Å². The lowest BCUT2D eigenvalue weighted by molar-refractivity contribution is -0.151. The molecule has 0 heterocycles. The molecule has 0 aromatic rings. The zero-order chi connectivity index (χ0) is 51.2. The van der Waals surface area contributed by atoms with E-state index in [1.165, 1.54) is 27.2 Å². The van der Waals surface area contributed by atoms with Crippen LogP contribution in [0.1, 0.15) is 189 Å². The van der Waals surface area contributed by atoms with Crippen LogP contribution in [0, 0.1) is 23.7 Å². The zero-order valence-electron chi connectivity index (χ0n) is 43.1. The van der Waals surface area contributed by atoms with Crippen molar-refractivity contribution in [2.24, 2.45) is 23.7 Å². The normalized spacial score (nSPS) is 9.21. The first-order chi connectivity index (χ1) is 29.2. The maximum atomic E-state index is 10.7. The van der Waals surface area contributed by atoms with Gasteiger partial charge in [-0.25, -0.2) is 0 Å². The third-order valence-electron chi connectivity index (χ3n) is 5.81. The Morgan fingerprint density at radius 3 is 1.22 bits per heavy atom. The quantitative estimate of drug-likeness (QED) is 0.0489. The molecule has 16 heteroatoms. The van der Waals surface area contributed by atoms with Gasteiger partial charge in [-0.2, -0.15) is 0 Å². The van der Waals surface area contributed by atoms with Crippen molar-refractivity contribution >= 4 is 48.3 Å². The van der Waals surface area contributed by atoms with Crippen LogP contribution in [0.15, 0.2) is 0 Å². The second-order valence-electron chi connectivity index (χ2n) is 15.2. The Morgan fingerprint density at radius 1 is 0.524 bits per heavy atom. The van der Waals surface area contributed by atoms with Gasteiger partial charge in [-0.15, -0.1) is 0 Å². The van der Waals surface area contributed by atoms with Gasteiger partial charge in [0.15, 0.2) is 0 Å².